The lowest BCUT2D eigenvalue weighted by molar-refractivity contribution is 0.0662. The van der Waals surface area contributed by atoms with E-state index in [2.05, 4.69) is 37.3 Å². The van der Waals surface area contributed by atoms with Gasteiger partial charge in [-0.3, -0.25) is 4.79 Å². The molecule has 1 N–H and O–H groups in total. The number of carbonyl (C=O) groups is 1. The molecule has 21 heavy (non-hydrogen) atoms. The van der Waals surface area contributed by atoms with E-state index in [0.29, 0.717) is 6.04 Å². The van der Waals surface area contributed by atoms with E-state index in [-0.39, 0.29) is 5.91 Å². The normalized spacial score (nSPS) is 16.3. The van der Waals surface area contributed by atoms with Crippen LogP contribution in [0.15, 0.2) is 18.2 Å². The van der Waals surface area contributed by atoms with Crippen LogP contribution in [0, 0.1) is 6.92 Å². The molecule has 0 atom stereocenters. The van der Waals surface area contributed by atoms with Crippen molar-refractivity contribution in [2.75, 3.05) is 39.0 Å². The molecule has 1 saturated heterocycles. The molecule has 1 aliphatic heterocycles. The van der Waals surface area contributed by atoms with Crippen molar-refractivity contribution in [3.8, 4) is 0 Å². The Morgan fingerprint density at radius 3 is 2.52 bits per heavy atom. The lowest BCUT2D eigenvalue weighted by Gasteiger charge is -2.35. The molecule has 1 amide bonds. The number of carbonyl (C=O) groups excluding carboxylic acids is 1. The molecule has 116 valence electrons. The van der Waals surface area contributed by atoms with Gasteiger partial charge in [0.2, 0.25) is 0 Å². The third-order valence-corrected chi connectivity index (χ3v) is 4.32. The summed E-state index contributed by atoms with van der Waals surface area (Å²) in [6.45, 7) is 6.70. The summed E-state index contributed by atoms with van der Waals surface area (Å²) in [6, 6.07) is 6.61. The monoisotopic (exact) mass is 289 g/mol. The molecule has 0 bridgehead atoms. The van der Waals surface area contributed by atoms with Crippen LogP contribution in [0.3, 0.4) is 0 Å². The summed E-state index contributed by atoms with van der Waals surface area (Å²) in [5.41, 5.74) is 2.96. The SMILES string of the molecule is CCNc1ccc(C(=O)N2CCC(N(C)C)CC2)c(C)c1. The Hall–Kier alpha value is -1.55. The standard InChI is InChI=1S/C17H27N3O/c1-5-18-14-6-7-16(13(2)12-14)17(21)20-10-8-15(9-11-20)19(3)4/h6-7,12,15,18H,5,8-11H2,1-4H3. The molecule has 0 saturated carbocycles. The average molecular weight is 289 g/mol. The number of anilines is 1. The smallest absolute Gasteiger partial charge is 0.254 e. The fourth-order valence-corrected chi connectivity index (χ4v) is 2.97. The predicted molar refractivity (Wildman–Crippen MR) is 88.0 cm³/mol. The maximum Gasteiger partial charge on any atom is 0.254 e. The van der Waals surface area contributed by atoms with Crippen molar-refractivity contribution in [2.24, 2.45) is 0 Å². The predicted octanol–water partition coefficient (Wildman–Crippen LogP) is 2.59. The first-order valence-corrected chi connectivity index (χ1v) is 7.83. The van der Waals surface area contributed by atoms with Crippen LogP contribution in [0.1, 0.15) is 35.7 Å². The number of benzene rings is 1. The lowest BCUT2D eigenvalue weighted by Crippen LogP contribution is -2.44. The van der Waals surface area contributed by atoms with E-state index in [9.17, 15) is 4.79 Å². The molecule has 0 aromatic heterocycles. The number of likely N-dealkylation sites (tertiary alicyclic amines) is 1. The summed E-state index contributed by atoms with van der Waals surface area (Å²) in [7, 11) is 4.23. The molecule has 1 aromatic rings. The van der Waals surface area contributed by atoms with Gasteiger partial charge >= 0.3 is 0 Å². The molecular formula is C17H27N3O. The number of aryl methyl sites for hydroxylation is 1. The minimum atomic E-state index is 0.174. The minimum absolute atomic E-state index is 0.174. The highest BCUT2D eigenvalue weighted by Crippen LogP contribution is 2.20. The van der Waals surface area contributed by atoms with Crippen molar-refractivity contribution in [1.29, 1.82) is 0 Å². The van der Waals surface area contributed by atoms with Gasteiger partial charge < -0.3 is 15.1 Å². The highest BCUT2D eigenvalue weighted by atomic mass is 16.2. The van der Waals surface area contributed by atoms with Gasteiger partial charge in [0.15, 0.2) is 0 Å². The van der Waals surface area contributed by atoms with E-state index in [4.69, 9.17) is 0 Å². The summed E-state index contributed by atoms with van der Waals surface area (Å²) >= 11 is 0. The van der Waals surface area contributed by atoms with Gasteiger partial charge in [0.05, 0.1) is 0 Å². The second kappa shape index (κ2) is 6.94. The van der Waals surface area contributed by atoms with Gasteiger partial charge in [-0.15, -0.1) is 0 Å². The Bertz CT molecular complexity index is 491. The van der Waals surface area contributed by atoms with E-state index in [1.54, 1.807) is 0 Å². The van der Waals surface area contributed by atoms with Crippen molar-refractivity contribution >= 4 is 11.6 Å². The van der Waals surface area contributed by atoms with Crippen LogP contribution in [0.25, 0.3) is 0 Å². The van der Waals surface area contributed by atoms with E-state index in [1.165, 1.54) is 0 Å². The van der Waals surface area contributed by atoms with E-state index < -0.39 is 0 Å². The van der Waals surface area contributed by atoms with Gasteiger partial charge in [0, 0.05) is 36.9 Å². The number of rotatable bonds is 4. The van der Waals surface area contributed by atoms with Crippen LogP contribution >= 0.6 is 0 Å². The van der Waals surface area contributed by atoms with Crippen molar-refractivity contribution in [3.63, 3.8) is 0 Å². The quantitative estimate of drug-likeness (QED) is 0.925. The van der Waals surface area contributed by atoms with E-state index in [0.717, 1.165) is 49.3 Å². The first kappa shape index (κ1) is 15.8. The summed E-state index contributed by atoms with van der Waals surface area (Å²) in [5, 5.41) is 3.28. The largest absolute Gasteiger partial charge is 0.385 e. The lowest BCUT2D eigenvalue weighted by atomic mass is 10.0. The molecule has 1 aromatic carbocycles. The molecule has 0 unspecified atom stereocenters. The second-order valence-electron chi connectivity index (χ2n) is 6.05. The highest BCUT2D eigenvalue weighted by molar-refractivity contribution is 5.96. The summed E-state index contributed by atoms with van der Waals surface area (Å²) in [5.74, 6) is 0.174. The highest BCUT2D eigenvalue weighted by Gasteiger charge is 2.25. The Morgan fingerprint density at radius 2 is 2.00 bits per heavy atom. The molecule has 2 rings (SSSR count). The number of amides is 1. The number of nitrogens with one attached hydrogen (secondary N) is 1. The topological polar surface area (TPSA) is 35.6 Å². The second-order valence-corrected chi connectivity index (χ2v) is 6.05. The number of nitrogens with zero attached hydrogens (tertiary/aromatic N) is 2. The molecule has 0 spiro atoms. The third kappa shape index (κ3) is 3.76. The fraction of sp³-hybridized carbons (Fsp3) is 0.588. The zero-order chi connectivity index (χ0) is 15.4. The maximum atomic E-state index is 12.7. The van der Waals surface area contributed by atoms with Crippen molar-refractivity contribution in [2.45, 2.75) is 32.7 Å². The van der Waals surface area contributed by atoms with Crippen molar-refractivity contribution in [1.82, 2.24) is 9.80 Å². The zero-order valence-corrected chi connectivity index (χ0v) is 13.6. The summed E-state index contributed by atoms with van der Waals surface area (Å²) in [4.78, 5) is 16.9. The first-order valence-electron chi connectivity index (χ1n) is 7.83. The number of hydrogen-bond acceptors (Lipinski definition) is 3. The van der Waals surface area contributed by atoms with E-state index in [1.807, 2.05) is 24.0 Å². The van der Waals surface area contributed by atoms with Crippen molar-refractivity contribution in [3.05, 3.63) is 29.3 Å². The van der Waals surface area contributed by atoms with Crippen LogP contribution in [0.2, 0.25) is 0 Å². The van der Waals surface area contributed by atoms with Crippen LogP contribution in [-0.2, 0) is 0 Å². The van der Waals surface area contributed by atoms with Gasteiger partial charge in [-0.2, -0.15) is 0 Å². The molecule has 1 heterocycles. The Kier molecular flexibility index (Phi) is 5.23. The van der Waals surface area contributed by atoms with Gasteiger partial charge in [0.25, 0.3) is 5.91 Å². The summed E-state index contributed by atoms with van der Waals surface area (Å²) in [6.07, 6.45) is 2.13. The first-order chi connectivity index (χ1) is 10.0. The number of hydrogen-bond donors (Lipinski definition) is 1. The molecule has 1 aliphatic rings. The van der Waals surface area contributed by atoms with Crippen molar-refractivity contribution < 1.29 is 4.79 Å². The van der Waals surface area contributed by atoms with E-state index >= 15 is 0 Å². The average Bonchev–Trinajstić information content (AvgIpc) is 2.47. The summed E-state index contributed by atoms with van der Waals surface area (Å²) < 4.78 is 0. The van der Waals surface area contributed by atoms with Crippen LogP contribution < -0.4 is 5.32 Å². The maximum absolute atomic E-state index is 12.7. The van der Waals surface area contributed by atoms with Gasteiger partial charge in [0.1, 0.15) is 0 Å². The molecule has 4 nitrogen and oxygen atoms in total. The van der Waals surface area contributed by atoms with Crippen LogP contribution in [0.5, 0.6) is 0 Å². The Labute approximate surface area is 128 Å². The zero-order valence-electron chi connectivity index (χ0n) is 13.6. The molecule has 0 aliphatic carbocycles. The molecule has 0 radical (unpaired) electrons. The molecule has 1 fully saturated rings. The van der Waals surface area contributed by atoms with Crippen LogP contribution in [0.4, 0.5) is 5.69 Å². The molecular weight excluding hydrogens is 262 g/mol. The number of piperidine rings is 1. The van der Waals surface area contributed by atoms with Gasteiger partial charge in [-0.1, -0.05) is 0 Å². The Balaban J connectivity index is 2.04. The van der Waals surface area contributed by atoms with Crippen LogP contribution in [-0.4, -0.2) is 55.5 Å². The minimum Gasteiger partial charge on any atom is -0.385 e. The van der Waals surface area contributed by atoms with Gasteiger partial charge in [-0.05, 0) is 64.5 Å². The fourth-order valence-electron chi connectivity index (χ4n) is 2.97. The Morgan fingerprint density at radius 1 is 1.33 bits per heavy atom. The molecule has 4 heteroatoms. The third-order valence-electron chi connectivity index (χ3n) is 4.32. The van der Waals surface area contributed by atoms with Gasteiger partial charge in [-0.25, -0.2) is 0 Å².